The van der Waals surface area contributed by atoms with Crippen LogP contribution in [0.5, 0.6) is 5.75 Å². The Bertz CT molecular complexity index is 1300. The molecule has 1 unspecified atom stereocenters. The summed E-state index contributed by atoms with van der Waals surface area (Å²) in [6.07, 6.45) is 0.0438. The Balaban J connectivity index is 1.31. The quantitative estimate of drug-likeness (QED) is 0.559. The van der Waals surface area contributed by atoms with Gasteiger partial charge in [-0.3, -0.25) is 24.1 Å². The van der Waals surface area contributed by atoms with E-state index in [0.29, 0.717) is 30.1 Å². The number of fused-ring (bicyclic) bond motifs is 2. The van der Waals surface area contributed by atoms with Crippen molar-refractivity contribution in [2.45, 2.75) is 19.4 Å². The Morgan fingerprint density at radius 3 is 2.23 bits per heavy atom. The lowest BCUT2D eigenvalue weighted by atomic mass is 10.1. The first-order valence-corrected chi connectivity index (χ1v) is 11.3. The standard InChI is InChI=1S/C27H23N3O5/c1-17-25(32)29(14-13-18-7-3-2-4-8-18)22-15-19(11-12-23(22)35-17)28-24(31)16-30-26(33)20-9-5-6-10-21(20)27(30)34/h2-12,15,17H,13-14,16H2,1H3,(H,28,31). The van der Waals surface area contributed by atoms with Crippen LogP contribution in [-0.4, -0.2) is 47.7 Å². The molecule has 4 amide bonds. The number of benzene rings is 3. The average Bonchev–Trinajstić information content (AvgIpc) is 3.10. The van der Waals surface area contributed by atoms with Gasteiger partial charge in [-0.25, -0.2) is 0 Å². The van der Waals surface area contributed by atoms with Gasteiger partial charge >= 0.3 is 0 Å². The van der Waals surface area contributed by atoms with Gasteiger partial charge in [-0.1, -0.05) is 42.5 Å². The van der Waals surface area contributed by atoms with Gasteiger partial charge in [-0.15, -0.1) is 0 Å². The van der Waals surface area contributed by atoms with Crippen LogP contribution in [0.1, 0.15) is 33.2 Å². The summed E-state index contributed by atoms with van der Waals surface area (Å²) in [6, 6.07) is 21.4. The molecule has 0 fully saturated rings. The zero-order chi connectivity index (χ0) is 24.5. The van der Waals surface area contributed by atoms with E-state index in [0.717, 1.165) is 10.5 Å². The van der Waals surface area contributed by atoms with Crippen molar-refractivity contribution >= 4 is 35.0 Å². The smallest absolute Gasteiger partial charge is 0.267 e. The molecular weight excluding hydrogens is 446 g/mol. The number of imide groups is 1. The summed E-state index contributed by atoms with van der Waals surface area (Å²) in [5.41, 5.74) is 2.67. The number of amides is 4. The zero-order valence-corrected chi connectivity index (χ0v) is 19.1. The second kappa shape index (κ2) is 9.06. The van der Waals surface area contributed by atoms with Crippen LogP contribution in [0.2, 0.25) is 0 Å². The van der Waals surface area contributed by atoms with Gasteiger partial charge in [0.1, 0.15) is 12.3 Å². The van der Waals surface area contributed by atoms with Crippen LogP contribution in [0.15, 0.2) is 72.8 Å². The van der Waals surface area contributed by atoms with Crippen molar-refractivity contribution in [2.24, 2.45) is 0 Å². The Morgan fingerprint density at radius 1 is 0.886 bits per heavy atom. The molecule has 0 saturated carbocycles. The third-order valence-corrected chi connectivity index (χ3v) is 6.10. The van der Waals surface area contributed by atoms with Gasteiger partial charge in [-0.2, -0.15) is 0 Å². The van der Waals surface area contributed by atoms with Crippen molar-refractivity contribution in [1.29, 1.82) is 0 Å². The van der Waals surface area contributed by atoms with Gasteiger partial charge in [0.2, 0.25) is 5.91 Å². The fourth-order valence-corrected chi connectivity index (χ4v) is 4.33. The minimum absolute atomic E-state index is 0.164. The fourth-order valence-electron chi connectivity index (χ4n) is 4.33. The topological polar surface area (TPSA) is 96.0 Å². The highest BCUT2D eigenvalue weighted by molar-refractivity contribution is 6.22. The van der Waals surface area contributed by atoms with Crippen LogP contribution in [-0.2, 0) is 16.0 Å². The first kappa shape index (κ1) is 22.3. The maximum absolute atomic E-state index is 12.9. The molecule has 176 valence electrons. The zero-order valence-electron chi connectivity index (χ0n) is 19.1. The van der Waals surface area contributed by atoms with Crippen molar-refractivity contribution in [3.63, 3.8) is 0 Å². The van der Waals surface area contributed by atoms with Crippen molar-refractivity contribution in [1.82, 2.24) is 4.90 Å². The van der Waals surface area contributed by atoms with Crippen LogP contribution in [0, 0.1) is 0 Å². The summed E-state index contributed by atoms with van der Waals surface area (Å²) in [4.78, 5) is 53.3. The molecule has 1 N–H and O–H groups in total. The highest BCUT2D eigenvalue weighted by Crippen LogP contribution is 2.36. The predicted molar refractivity (Wildman–Crippen MR) is 129 cm³/mol. The van der Waals surface area contributed by atoms with Gasteiger partial charge in [0.15, 0.2) is 6.10 Å². The molecule has 0 radical (unpaired) electrons. The van der Waals surface area contributed by atoms with E-state index in [2.05, 4.69) is 5.32 Å². The van der Waals surface area contributed by atoms with E-state index in [1.165, 1.54) is 0 Å². The number of nitrogens with one attached hydrogen (secondary N) is 1. The lowest BCUT2D eigenvalue weighted by molar-refractivity contribution is -0.125. The van der Waals surface area contributed by atoms with Gasteiger partial charge in [0.25, 0.3) is 17.7 Å². The minimum Gasteiger partial charge on any atom is -0.479 e. The van der Waals surface area contributed by atoms with E-state index in [1.54, 1.807) is 54.3 Å². The molecule has 3 aromatic rings. The Kier molecular flexibility index (Phi) is 5.78. The number of carbonyl (C=O) groups excluding carboxylic acids is 4. The molecule has 5 rings (SSSR count). The van der Waals surface area contributed by atoms with E-state index < -0.39 is 30.4 Å². The maximum atomic E-state index is 12.9. The van der Waals surface area contributed by atoms with Crippen LogP contribution < -0.4 is 15.0 Å². The molecule has 0 aromatic heterocycles. The summed E-state index contributed by atoms with van der Waals surface area (Å²) < 4.78 is 5.76. The van der Waals surface area contributed by atoms with Gasteiger partial charge in [-0.05, 0) is 49.2 Å². The molecule has 35 heavy (non-hydrogen) atoms. The maximum Gasteiger partial charge on any atom is 0.267 e. The van der Waals surface area contributed by atoms with Crippen LogP contribution in [0.25, 0.3) is 0 Å². The van der Waals surface area contributed by atoms with Crippen LogP contribution >= 0.6 is 0 Å². The fraction of sp³-hybridized carbons (Fsp3) is 0.185. The molecule has 2 aliphatic heterocycles. The molecule has 3 aromatic carbocycles. The predicted octanol–water partition coefficient (Wildman–Crippen LogP) is 3.28. The number of nitrogens with zero attached hydrogens (tertiary/aromatic N) is 2. The highest BCUT2D eigenvalue weighted by atomic mass is 16.5. The monoisotopic (exact) mass is 469 g/mol. The van der Waals surface area contributed by atoms with Gasteiger partial charge in [0, 0.05) is 12.2 Å². The van der Waals surface area contributed by atoms with E-state index >= 15 is 0 Å². The summed E-state index contributed by atoms with van der Waals surface area (Å²) in [7, 11) is 0. The molecule has 0 bridgehead atoms. The van der Waals surface area contributed by atoms with Crippen LogP contribution in [0.4, 0.5) is 11.4 Å². The number of anilines is 2. The number of carbonyl (C=O) groups is 4. The summed E-state index contributed by atoms with van der Waals surface area (Å²) in [5.74, 6) is -1.13. The van der Waals surface area contributed by atoms with Crippen molar-refractivity contribution in [3.05, 3.63) is 89.5 Å². The number of hydrogen-bond acceptors (Lipinski definition) is 5. The van der Waals surface area contributed by atoms with Gasteiger partial charge < -0.3 is 15.0 Å². The lowest BCUT2D eigenvalue weighted by Gasteiger charge is -2.33. The first-order valence-electron chi connectivity index (χ1n) is 11.3. The Morgan fingerprint density at radius 2 is 1.54 bits per heavy atom. The average molecular weight is 469 g/mol. The Hall–Kier alpha value is -4.46. The molecule has 2 aliphatic rings. The number of rotatable bonds is 6. The van der Waals surface area contributed by atoms with Gasteiger partial charge in [0.05, 0.1) is 16.8 Å². The Labute approximate surface area is 202 Å². The van der Waals surface area contributed by atoms with E-state index in [4.69, 9.17) is 4.74 Å². The second-order valence-corrected chi connectivity index (χ2v) is 8.46. The molecule has 0 spiro atoms. The molecular formula is C27H23N3O5. The third-order valence-electron chi connectivity index (χ3n) is 6.10. The summed E-state index contributed by atoms with van der Waals surface area (Å²) >= 11 is 0. The summed E-state index contributed by atoms with van der Waals surface area (Å²) in [5, 5.41) is 2.73. The van der Waals surface area contributed by atoms with E-state index in [1.807, 2.05) is 30.3 Å². The van der Waals surface area contributed by atoms with Crippen LogP contribution in [0.3, 0.4) is 0 Å². The SMILES string of the molecule is CC1Oc2ccc(NC(=O)CN3C(=O)c4ccccc4C3=O)cc2N(CCc2ccccc2)C1=O. The van der Waals surface area contributed by atoms with Crippen molar-refractivity contribution < 1.29 is 23.9 Å². The molecule has 0 aliphatic carbocycles. The normalized spacial score (nSPS) is 16.6. The molecule has 8 heteroatoms. The largest absolute Gasteiger partial charge is 0.479 e. The molecule has 0 saturated heterocycles. The van der Waals surface area contributed by atoms with E-state index in [9.17, 15) is 19.2 Å². The second-order valence-electron chi connectivity index (χ2n) is 8.46. The minimum atomic E-state index is -0.618. The molecule has 8 nitrogen and oxygen atoms in total. The number of hydrogen-bond donors (Lipinski definition) is 1. The van der Waals surface area contributed by atoms with Crippen molar-refractivity contribution in [3.8, 4) is 5.75 Å². The first-order chi connectivity index (χ1) is 16.9. The van der Waals surface area contributed by atoms with E-state index in [-0.39, 0.29) is 17.0 Å². The molecule has 2 heterocycles. The summed E-state index contributed by atoms with van der Waals surface area (Å²) in [6.45, 7) is 1.75. The lowest BCUT2D eigenvalue weighted by Crippen LogP contribution is -2.45. The third kappa shape index (κ3) is 4.26. The highest BCUT2D eigenvalue weighted by Gasteiger charge is 2.36. The number of ether oxygens (including phenoxy) is 1. The van der Waals surface area contributed by atoms with Crippen molar-refractivity contribution in [2.75, 3.05) is 23.3 Å². The molecule has 1 atom stereocenters.